The molecule has 1 N–H and O–H groups in total. The molecule has 26 heavy (non-hydrogen) atoms. The molecule has 1 atom stereocenters. The molecule has 1 saturated heterocycles. The second-order valence-corrected chi connectivity index (χ2v) is 7.91. The number of carbonyl (C=O) groups excluding carboxylic acids is 1. The molecule has 3 rings (SSSR count). The van der Waals surface area contributed by atoms with Crippen LogP contribution in [0.2, 0.25) is 5.02 Å². The van der Waals surface area contributed by atoms with Gasteiger partial charge in [-0.25, -0.2) is 0 Å². The highest BCUT2D eigenvalue weighted by Crippen LogP contribution is 2.23. The van der Waals surface area contributed by atoms with E-state index in [-0.39, 0.29) is 11.9 Å². The summed E-state index contributed by atoms with van der Waals surface area (Å²) in [7, 11) is 0. The molecule has 1 aromatic heterocycles. The van der Waals surface area contributed by atoms with Gasteiger partial charge in [0.25, 0.3) is 0 Å². The van der Waals surface area contributed by atoms with Crippen molar-refractivity contribution in [2.24, 2.45) is 0 Å². The van der Waals surface area contributed by atoms with Crippen LogP contribution in [0.5, 0.6) is 0 Å². The molecule has 1 fully saturated rings. The number of hydrogen-bond donors (Lipinski definition) is 1. The third-order valence-electron chi connectivity index (χ3n) is 4.54. The fraction of sp³-hybridized carbons (Fsp3) is 0.400. The van der Waals surface area contributed by atoms with Crippen LogP contribution in [0.1, 0.15) is 25.0 Å². The van der Waals surface area contributed by atoms with Crippen LogP contribution in [0, 0.1) is 0 Å². The number of carbonyl (C=O) groups is 1. The van der Waals surface area contributed by atoms with Crippen LogP contribution >= 0.6 is 23.4 Å². The van der Waals surface area contributed by atoms with Gasteiger partial charge in [0.15, 0.2) is 0 Å². The van der Waals surface area contributed by atoms with E-state index < -0.39 is 0 Å². The Kier molecular flexibility index (Phi) is 7.35. The number of hydrogen-bond acceptors (Lipinski definition) is 4. The lowest BCUT2D eigenvalue weighted by Crippen LogP contribution is -2.41. The van der Waals surface area contributed by atoms with E-state index in [4.69, 9.17) is 11.6 Å². The van der Waals surface area contributed by atoms with Gasteiger partial charge in [-0.05, 0) is 68.8 Å². The van der Waals surface area contributed by atoms with Gasteiger partial charge in [0.2, 0.25) is 5.91 Å². The number of rotatable bonds is 6. The smallest absolute Gasteiger partial charge is 0.233 e. The summed E-state index contributed by atoms with van der Waals surface area (Å²) >= 11 is 7.49. The number of benzene rings is 1. The Bertz CT molecular complexity index is 688. The Labute approximate surface area is 164 Å². The number of pyridine rings is 1. The van der Waals surface area contributed by atoms with Crippen molar-refractivity contribution in [1.82, 2.24) is 15.2 Å². The first-order chi connectivity index (χ1) is 12.7. The van der Waals surface area contributed by atoms with E-state index >= 15 is 0 Å². The molecule has 1 aromatic carbocycles. The minimum absolute atomic E-state index is 0.169. The Morgan fingerprint density at radius 1 is 1.19 bits per heavy atom. The molecule has 2 heterocycles. The third kappa shape index (κ3) is 5.73. The maximum atomic E-state index is 13.0. The summed E-state index contributed by atoms with van der Waals surface area (Å²) in [5.74, 6) is 0.598. The summed E-state index contributed by atoms with van der Waals surface area (Å²) in [6.07, 6.45) is 4.91. The van der Waals surface area contributed by atoms with Crippen LogP contribution in [0.3, 0.4) is 0 Å². The molecule has 1 amide bonds. The predicted octanol–water partition coefficient (Wildman–Crippen LogP) is 4.00. The van der Waals surface area contributed by atoms with Crippen LogP contribution in [-0.4, -0.2) is 40.7 Å². The van der Waals surface area contributed by atoms with E-state index in [0.29, 0.717) is 17.3 Å². The van der Waals surface area contributed by atoms with Gasteiger partial charge in [-0.2, -0.15) is 0 Å². The van der Waals surface area contributed by atoms with Crippen molar-refractivity contribution in [1.29, 1.82) is 0 Å². The van der Waals surface area contributed by atoms with Gasteiger partial charge < -0.3 is 10.2 Å². The predicted molar refractivity (Wildman–Crippen MR) is 107 cm³/mol. The summed E-state index contributed by atoms with van der Waals surface area (Å²) in [6, 6.07) is 13.8. The zero-order valence-electron chi connectivity index (χ0n) is 14.7. The highest BCUT2D eigenvalue weighted by atomic mass is 35.5. The van der Waals surface area contributed by atoms with Crippen LogP contribution in [0.25, 0.3) is 0 Å². The Morgan fingerprint density at radius 3 is 2.81 bits per heavy atom. The van der Waals surface area contributed by atoms with E-state index in [2.05, 4.69) is 10.3 Å². The van der Waals surface area contributed by atoms with Crippen molar-refractivity contribution in [3.8, 4) is 0 Å². The minimum atomic E-state index is 0.169. The van der Waals surface area contributed by atoms with E-state index in [1.807, 2.05) is 47.4 Å². The average Bonchev–Trinajstić information content (AvgIpc) is 2.95. The normalized spacial score (nSPS) is 17.5. The topological polar surface area (TPSA) is 45.2 Å². The van der Waals surface area contributed by atoms with Gasteiger partial charge in [0.1, 0.15) is 0 Å². The van der Waals surface area contributed by atoms with Gasteiger partial charge >= 0.3 is 0 Å². The van der Waals surface area contributed by atoms with Crippen molar-refractivity contribution in [3.63, 3.8) is 0 Å². The summed E-state index contributed by atoms with van der Waals surface area (Å²) in [5, 5.41) is 4.14. The van der Waals surface area contributed by atoms with E-state index in [1.54, 1.807) is 18.0 Å². The first-order valence-electron chi connectivity index (χ1n) is 9.01. The standard InChI is InChI=1S/C20H24ClN3OS/c21-16-6-8-19(9-7-16)26-15-20(25)24(14-17-4-1-2-12-23-17)18-5-3-11-22-13-10-18/h1-2,4,6-9,12,18,22H,3,5,10-11,13-15H2. The largest absolute Gasteiger partial charge is 0.333 e. The lowest BCUT2D eigenvalue weighted by atomic mass is 10.1. The van der Waals surface area contributed by atoms with Gasteiger partial charge in [0.05, 0.1) is 18.0 Å². The van der Waals surface area contributed by atoms with Gasteiger partial charge in [-0.3, -0.25) is 9.78 Å². The van der Waals surface area contributed by atoms with Gasteiger partial charge in [-0.15, -0.1) is 11.8 Å². The molecule has 138 valence electrons. The van der Waals surface area contributed by atoms with E-state index in [0.717, 1.165) is 42.9 Å². The maximum absolute atomic E-state index is 13.0. The van der Waals surface area contributed by atoms with E-state index in [1.165, 1.54) is 0 Å². The molecule has 1 aliphatic rings. The number of amides is 1. The molecular formula is C20H24ClN3OS. The maximum Gasteiger partial charge on any atom is 0.233 e. The number of thioether (sulfide) groups is 1. The van der Waals surface area contributed by atoms with Gasteiger partial charge in [-0.1, -0.05) is 17.7 Å². The highest BCUT2D eigenvalue weighted by Gasteiger charge is 2.25. The second kappa shape index (κ2) is 9.95. The Morgan fingerprint density at radius 2 is 2.04 bits per heavy atom. The zero-order chi connectivity index (χ0) is 18.2. The van der Waals surface area contributed by atoms with E-state index in [9.17, 15) is 4.79 Å². The lowest BCUT2D eigenvalue weighted by molar-refractivity contribution is -0.131. The summed E-state index contributed by atoms with van der Waals surface area (Å²) in [4.78, 5) is 20.5. The number of nitrogens with one attached hydrogen (secondary N) is 1. The first kappa shape index (κ1) is 19.2. The molecule has 0 spiro atoms. The van der Waals surface area contributed by atoms with Crippen molar-refractivity contribution in [2.45, 2.75) is 36.7 Å². The SMILES string of the molecule is O=C(CSc1ccc(Cl)cc1)N(Cc1ccccn1)C1CCCNCC1. The quantitative estimate of drug-likeness (QED) is 0.758. The minimum Gasteiger partial charge on any atom is -0.333 e. The average molecular weight is 390 g/mol. The molecule has 0 saturated carbocycles. The lowest BCUT2D eigenvalue weighted by Gasteiger charge is -2.31. The monoisotopic (exact) mass is 389 g/mol. The molecule has 4 nitrogen and oxygen atoms in total. The molecule has 6 heteroatoms. The van der Waals surface area contributed by atoms with Crippen LogP contribution in [0.15, 0.2) is 53.6 Å². The summed E-state index contributed by atoms with van der Waals surface area (Å²) in [6.45, 7) is 2.56. The molecule has 0 bridgehead atoms. The first-order valence-corrected chi connectivity index (χ1v) is 10.4. The van der Waals surface area contributed by atoms with Crippen LogP contribution < -0.4 is 5.32 Å². The number of nitrogens with zero attached hydrogens (tertiary/aromatic N) is 2. The highest BCUT2D eigenvalue weighted by molar-refractivity contribution is 8.00. The number of aromatic nitrogens is 1. The Hall–Kier alpha value is -1.56. The molecule has 1 unspecified atom stereocenters. The fourth-order valence-electron chi connectivity index (χ4n) is 3.16. The van der Waals surface area contributed by atoms with Crippen molar-refractivity contribution >= 4 is 29.3 Å². The van der Waals surface area contributed by atoms with Crippen LogP contribution in [-0.2, 0) is 11.3 Å². The third-order valence-corrected chi connectivity index (χ3v) is 5.79. The summed E-state index contributed by atoms with van der Waals surface area (Å²) in [5.41, 5.74) is 0.939. The van der Waals surface area contributed by atoms with Crippen molar-refractivity contribution < 1.29 is 4.79 Å². The molecule has 1 aliphatic heterocycles. The molecule has 2 aromatic rings. The second-order valence-electron chi connectivity index (χ2n) is 6.42. The zero-order valence-corrected chi connectivity index (χ0v) is 16.3. The van der Waals surface area contributed by atoms with Crippen LogP contribution in [0.4, 0.5) is 0 Å². The summed E-state index contributed by atoms with van der Waals surface area (Å²) < 4.78 is 0. The Balaban J connectivity index is 1.68. The molecule has 0 aliphatic carbocycles. The van der Waals surface area contributed by atoms with Crippen molar-refractivity contribution in [2.75, 3.05) is 18.8 Å². The van der Waals surface area contributed by atoms with Crippen molar-refractivity contribution in [3.05, 3.63) is 59.4 Å². The number of halogens is 1. The van der Waals surface area contributed by atoms with Gasteiger partial charge in [0, 0.05) is 22.2 Å². The molecular weight excluding hydrogens is 366 g/mol. The fourth-order valence-corrected chi connectivity index (χ4v) is 4.07. The molecule has 0 radical (unpaired) electrons.